The van der Waals surface area contributed by atoms with Crippen LogP contribution in [0.25, 0.3) is 0 Å². The number of aromatic nitrogens is 1. The average molecular weight is 224 g/mol. The van der Waals surface area contributed by atoms with Crippen molar-refractivity contribution in [3.8, 4) is 0 Å². The van der Waals surface area contributed by atoms with Gasteiger partial charge in [-0.2, -0.15) is 0 Å². The fraction of sp³-hybridized carbons (Fsp3) is 0.417. The standard InChI is InChI=1S/C12H17FN2O/c1-2-3-5-16-6-4-14-8-11-7-12(13)10-15-9-11/h2,7,9-10,14H,1,3-6,8H2. The molecular formula is C12H17FN2O. The second kappa shape index (κ2) is 7.96. The van der Waals surface area contributed by atoms with Crippen molar-refractivity contribution in [2.24, 2.45) is 0 Å². The summed E-state index contributed by atoms with van der Waals surface area (Å²) in [6, 6.07) is 1.47. The molecule has 1 rings (SSSR count). The van der Waals surface area contributed by atoms with E-state index in [4.69, 9.17) is 4.74 Å². The van der Waals surface area contributed by atoms with Crippen LogP contribution in [0.2, 0.25) is 0 Å². The highest BCUT2D eigenvalue weighted by Gasteiger charge is 1.95. The molecule has 0 saturated heterocycles. The Morgan fingerprint density at radius 3 is 3.06 bits per heavy atom. The van der Waals surface area contributed by atoms with E-state index in [0.717, 1.165) is 18.5 Å². The molecule has 0 unspecified atom stereocenters. The lowest BCUT2D eigenvalue weighted by Crippen LogP contribution is -2.19. The second-order valence-corrected chi connectivity index (χ2v) is 3.38. The maximum atomic E-state index is 12.8. The monoisotopic (exact) mass is 224 g/mol. The summed E-state index contributed by atoms with van der Waals surface area (Å²) < 4.78 is 18.1. The Balaban J connectivity index is 2.05. The van der Waals surface area contributed by atoms with Gasteiger partial charge in [0.2, 0.25) is 0 Å². The van der Waals surface area contributed by atoms with Crippen molar-refractivity contribution in [1.82, 2.24) is 10.3 Å². The number of hydrogen-bond acceptors (Lipinski definition) is 3. The van der Waals surface area contributed by atoms with Gasteiger partial charge in [0.05, 0.1) is 19.4 Å². The van der Waals surface area contributed by atoms with Crippen LogP contribution in [-0.2, 0) is 11.3 Å². The zero-order valence-electron chi connectivity index (χ0n) is 9.29. The number of halogens is 1. The van der Waals surface area contributed by atoms with Gasteiger partial charge in [-0.05, 0) is 18.1 Å². The van der Waals surface area contributed by atoms with Crippen molar-refractivity contribution >= 4 is 0 Å². The zero-order valence-corrected chi connectivity index (χ0v) is 9.29. The van der Waals surface area contributed by atoms with Gasteiger partial charge in [-0.25, -0.2) is 4.39 Å². The predicted octanol–water partition coefficient (Wildman–Crippen LogP) is 1.90. The van der Waals surface area contributed by atoms with E-state index in [9.17, 15) is 4.39 Å². The molecule has 16 heavy (non-hydrogen) atoms. The van der Waals surface area contributed by atoms with Gasteiger partial charge in [-0.15, -0.1) is 6.58 Å². The Morgan fingerprint density at radius 2 is 2.31 bits per heavy atom. The largest absolute Gasteiger partial charge is 0.380 e. The van der Waals surface area contributed by atoms with E-state index < -0.39 is 0 Å². The molecule has 4 heteroatoms. The smallest absolute Gasteiger partial charge is 0.141 e. The Hall–Kier alpha value is -1.26. The van der Waals surface area contributed by atoms with Gasteiger partial charge in [0.1, 0.15) is 5.82 Å². The Kier molecular flexibility index (Phi) is 6.37. The number of nitrogens with zero attached hydrogens (tertiary/aromatic N) is 1. The Bertz CT molecular complexity index is 318. The molecule has 0 aliphatic rings. The van der Waals surface area contributed by atoms with Gasteiger partial charge in [0.25, 0.3) is 0 Å². The van der Waals surface area contributed by atoms with Crippen LogP contribution in [0.1, 0.15) is 12.0 Å². The first-order valence-electron chi connectivity index (χ1n) is 5.31. The first kappa shape index (κ1) is 12.8. The second-order valence-electron chi connectivity index (χ2n) is 3.38. The Morgan fingerprint density at radius 1 is 1.44 bits per heavy atom. The lowest BCUT2D eigenvalue weighted by Gasteiger charge is -2.05. The zero-order chi connectivity index (χ0) is 11.6. The van der Waals surface area contributed by atoms with Crippen LogP contribution in [0.4, 0.5) is 4.39 Å². The highest BCUT2D eigenvalue weighted by Crippen LogP contribution is 1.99. The van der Waals surface area contributed by atoms with E-state index in [1.54, 1.807) is 6.20 Å². The number of pyridine rings is 1. The summed E-state index contributed by atoms with van der Waals surface area (Å²) >= 11 is 0. The highest BCUT2D eigenvalue weighted by atomic mass is 19.1. The quantitative estimate of drug-likeness (QED) is 0.541. The highest BCUT2D eigenvalue weighted by molar-refractivity contribution is 5.09. The van der Waals surface area contributed by atoms with E-state index in [1.807, 2.05) is 6.08 Å². The minimum atomic E-state index is -0.304. The SMILES string of the molecule is C=CCCOCCNCc1cncc(F)c1. The minimum absolute atomic E-state index is 0.304. The van der Waals surface area contributed by atoms with Gasteiger partial charge < -0.3 is 10.1 Å². The molecule has 0 aromatic carbocycles. The molecule has 1 N–H and O–H groups in total. The topological polar surface area (TPSA) is 34.1 Å². The molecule has 1 aromatic rings. The normalized spacial score (nSPS) is 10.3. The van der Waals surface area contributed by atoms with Crippen LogP contribution in [-0.4, -0.2) is 24.7 Å². The average Bonchev–Trinajstić information content (AvgIpc) is 2.28. The molecule has 0 saturated carbocycles. The van der Waals surface area contributed by atoms with Gasteiger partial charge in [-0.3, -0.25) is 4.98 Å². The van der Waals surface area contributed by atoms with E-state index in [2.05, 4.69) is 16.9 Å². The minimum Gasteiger partial charge on any atom is -0.380 e. The van der Waals surface area contributed by atoms with Crippen molar-refractivity contribution in [2.75, 3.05) is 19.8 Å². The summed E-state index contributed by atoms with van der Waals surface area (Å²) in [6.45, 7) is 6.31. The van der Waals surface area contributed by atoms with Gasteiger partial charge >= 0.3 is 0 Å². The third-order valence-corrected chi connectivity index (χ3v) is 1.98. The number of nitrogens with one attached hydrogen (secondary N) is 1. The van der Waals surface area contributed by atoms with Crippen LogP contribution in [0.15, 0.2) is 31.1 Å². The maximum Gasteiger partial charge on any atom is 0.141 e. The first-order chi connectivity index (χ1) is 7.83. The van der Waals surface area contributed by atoms with E-state index in [-0.39, 0.29) is 5.82 Å². The van der Waals surface area contributed by atoms with Gasteiger partial charge in [0, 0.05) is 19.3 Å². The molecule has 3 nitrogen and oxygen atoms in total. The maximum absolute atomic E-state index is 12.8. The van der Waals surface area contributed by atoms with Crippen molar-refractivity contribution in [2.45, 2.75) is 13.0 Å². The van der Waals surface area contributed by atoms with Gasteiger partial charge in [0.15, 0.2) is 0 Å². The molecule has 0 spiro atoms. The summed E-state index contributed by atoms with van der Waals surface area (Å²) in [7, 11) is 0. The Labute approximate surface area is 95.3 Å². The molecule has 0 aliphatic carbocycles. The van der Waals surface area contributed by atoms with Crippen molar-refractivity contribution in [3.05, 3.63) is 42.5 Å². The molecule has 88 valence electrons. The van der Waals surface area contributed by atoms with E-state index >= 15 is 0 Å². The first-order valence-corrected chi connectivity index (χ1v) is 5.31. The molecular weight excluding hydrogens is 207 g/mol. The summed E-state index contributed by atoms with van der Waals surface area (Å²) in [6.07, 6.45) is 5.54. The van der Waals surface area contributed by atoms with Crippen LogP contribution < -0.4 is 5.32 Å². The summed E-state index contributed by atoms with van der Waals surface area (Å²) in [5, 5.41) is 3.15. The van der Waals surface area contributed by atoms with Crippen LogP contribution >= 0.6 is 0 Å². The number of rotatable bonds is 8. The van der Waals surface area contributed by atoms with Crippen LogP contribution in [0.5, 0.6) is 0 Å². The summed E-state index contributed by atoms with van der Waals surface area (Å²) in [5.74, 6) is -0.304. The molecule has 1 heterocycles. The van der Waals surface area contributed by atoms with Crippen LogP contribution in [0, 0.1) is 5.82 Å². The van der Waals surface area contributed by atoms with Crippen molar-refractivity contribution in [3.63, 3.8) is 0 Å². The molecule has 0 amide bonds. The molecule has 0 aliphatic heterocycles. The lowest BCUT2D eigenvalue weighted by atomic mass is 10.3. The third-order valence-electron chi connectivity index (χ3n) is 1.98. The molecule has 0 fully saturated rings. The van der Waals surface area contributed by atoms with E-state index in [1.165, 1.54) is 12.3 Å². The van der Waals surface area contributed by atoms with Gasteiger partial charge in [-0.1, -0.05) is 6.08 Å². The lowest BCUT2D eigenvalue weighted by molar-refractivity contribution is 0.140. The fourth-order valence-corrected chi connectivity index (χ4v) is 1.20. The van der Waals surface area contributed by atoms with Crippen molar-refractivity contribution in [1.29, 1.82) is 0 Å². The number of ether oxygens (including phenoxy) is 1. The van der Waals surface area contributed by atoms with E-state index in [0.29, 0.717) is 19.8 Å². The fourth-order valence-electron chi connectivity index (χ4n) is 1.20. The molecule has 1 aromatic heterocycles. The number of hydrogen-bond donors (Lipinski definition) is 1. The van der Waals surface area contributed by atoms with Crippen molar-refractivity contribution < 1.29 is 9.13 Å². The molecule has 0 atom stereocenters. The summed E-state index contributed by atoms with van der Waals surface area (Å²) in [4.78, 5) is 3.77. The third kappa shape index (κ3) is 5.58. The molecule has 0 bridgehead atoms. The summed E-state index contributed by atoms with van der Waals surface area (Å²) in [5.41, 5.74) is 0.839. The predicted molar refractivity (Wildman–Crippen MR) is 61.5 cm³/mol. The van der Waals surface area contributed by atoms with Crippen LogP contribution in [0.3, 0.4) is 0 Å². The molecule has 0 radical (unpaired) electrons.